The van der Waals surface area contributed by atoms with Crippen molar-refractivity contribution in [3.8, 4) is 5.75 Å². The third kappa shape index (κ3) is 5.33. The normalized spacial score (nSPS) is 26.9. The van der Waals surface area contributed by atoms with E-state index >= 15 is 0 Å². The lowest BCUT2D eigenvalue weighted by atomic mass is 9.66. The van der Waals surface area contributed by atoms with Crippen molar-refractivity contribution in [3.63, 3.8) is 0 Å². The minimum absolute atomic E-state index is 0.225. The molecule has 0 aromatic heterocycles. The number of nitrogens with zero attached hydrogens (tertiary/aromatic N) is 3. The van der Waals surface area contributed by atoms with Crippen LogP contribution < -0.4 is 14.5 Å². The molecule has 9 heteroatoms. The second kappa shape index (κ2) is 13.0. The fourth-order valence-electron chi connectivity index (χ4n) is 7.93. The smallest absolute Gasteiger partial charge is 0.253 e. The first-order chi connectivity index (χ1) is 22.0. The number of rotatable bonds is 13. The Kier molecular flexibility index (Phi) is 9.47. The van der Waals surface area contributed by atoms with Crippen LogP contribution in [-0.2, 0) is 19.1 Å². The van der Waals surface area contributed by atoms with Gasteiger partial charge in [-0.25, -0.2) is 0 Å². The number of carbonyl (C=O) groups excluding carboxylic acids is 3. The van der Waals surface area contributed by atoms with Gasteiger partial charge in [-0.2, -0.15) is 0 Å². The van der Waals surface area contributed by atoms with E-state index in [1.807, 2.05) is 77.1 Å². The highest BCUT2D eigenvalue weighted by molar-refractivity contribution is 6.07. The van der Waals surface area contributed by atoms with Gasteiger partial charge in [-0.1, -0.05) is 31.2 Å². The molecule has 3 aliphatic rings. The minimum Gasteiger partial charge on any atom is -0.494 e. The predicted molar refractivity (Wildman–Crippen MR) is 179 cm³/mol. The van der Waals surface area contributed by atoms with Gasteiger partial charge in [0.2, 0.25) is 11.8 Å². The number of amides is 3. The van der Waals surface area contributed by atoms with Crippen molar-refractivity contribution >= 4 is 29.1 Å². The van der Waals surface area contributed by atoms with Crippen molar-refractivity contribution < 1.29 is 29.0 Å². The largest absolute Gasteiger partial charge is 0.494 e. The number of ether oxygens (including phenoxy) is 2. The molecule has 0 radical (unpaired) electrons. The van der Waals surface area contributed by atoms with E-state index in [9.17, 15) is 19.5 Å². The van der Waals surface area contributed by atoms with Crippen LogP contribution in [0.15, 0.2) is 67.8 Å². The highest BCUT2D eigenvalue weighted by atomic mass is 16.5. The van der Waals surface area contributed by atoms with Crippen LogP contribution in [0.25, 0.3) is 0 Å². The van der Waals surface area contributed by atoms with Crippen molar-refractivity contribution in [2.75, 3.05) is 36.1 Å². The Labute approximate surface area is 272 Å². The summed E-state index contributed by atoms with van der Waals surface area (Å²) in [5, 5.41) is 10.5. The maximum absolute atomic E-state index is 14.9. The molecule has 3 amide bonds. The Morgan fingerprint density at radius 2 is 1.74 bits per heavy atom. The van der Waals surface area contributed by atoms with E-state index < -0.39 is 35.1 Å². The summed E-state index contributed by atoms with van der Waals surface area (Å²) in [6.45, 7) is 18.1. The first-order valence-electron chi connectivity index (χ1n) is 16.3. The maximum atomic E-state index is 14.9. The van der Waals surface area contributed by atoms with Crippen LogP contribution in [0, 0.1) is 25.7 Å². The van der Waals surface area contributed by atoms with Gasteiger partial charge in [0.05, 0.1) is 36.7 Å². The molecule has 2 aromatic rings. The number of likely N-dealkylation sites (tertiary alicyclic amines) is 1. The molecule has 2 aromatic carbocycles. The summed E-state index contributed by atoms with van der Waals surface area (Å²) in [5.74, 6) is -1.93. The van der Waals surface area contributed by atoms with Crippen molar-refractivity contribution in [1.82, 2.24) is 4.90 Å². The Morgan fingerprint density at radius 1 is 1.07 bits per heavy atom. The summed E-state index contributed by atoms with van der Waals surface area (Å²) in [4.78, 5) is 49.2. The first-order valence-corrected chi connectivity index (χ1v) is 16.3. The van der Waals surface area contributed by atoms with Crippen LogP contribution in [0.2, 0.25) is 0 Å². The lowest BCUT2D eigenvalue weighted by Crippen LogP contribution is -2.59. The summed E-state index contributed by atoms with van der Waals surface area (Å²) in [6.07, 6.45) is 4.72. The predicted octanol–water partition coefficient (Wildman–Crippen LogP) is 4.98. The number of aliphatic hydroxyl groups excluding tert-OH is 1. The molecule has 3 aliphatic heterocycles. The van der Waals surface area contributed by atoms with E-state index in [4.69, 9.17) is 9.47 Å². The van der Waals surface area contributed by atoms with Gasteiger partial charge >= 0.3 is 0 Å². The van der Waals surface area contributed by atoms with Crippen LogP contribution in [0.4, 0.5) is 11.4 Å². The molecule has 5 rings (SSSR count). The average Bonchev–Trinajstić information content (AvgIpc) is 3.61. The Bertz CT molecular complexity index is 1500. The van der Waals surface area contributed by atoms with Crippen molar-refractivity contribution in [1.29, 1.82) is 0 Å². The zero-order valence-electron chi connectivity index (χ0n) is 27.7. The summed E-state index contributed by atoms with van der Waals surface area (Å²) in [5.41, 5.74) is 1.09. The summed E-state index contributed by atoms with van der Waals surface area (Å²) < 4.78 is 12.5. The zero-order chi connectivity index (χ0) is 33.4. The van der Waals surface area contributed by atoms with Crippen molar-refractivity contribution in [3.05, 3.63) is 78.9 Å². The number of anilines is 2. The second-order valence-electron chi connectivity index (χ2n) is 12.9. The van der Waals surface area contributed by atoms with Crippen molar-refractivity contribution in [2.45, 2.75) is 77.2 Å². The van der Waals surface area contributed by atoms with E-state index in [1.165, 1.54) is 4.90 Å². The van der Waals surface area contributed by atoms with Gasteiger partial charge in [-0.3, -0.25) is 14.4 Å². The molecule has 9 nitrogen and oxygen atoms in total. The number of aryl methyl sites for hydroxylation is 2. The van der Waals surface area contributed by atoms with Gasteiger partial charge < -0.3 is 29.3 Å². The van der Waals surface area contributed by atoms with Gasteiger partial charge in [0.15, 0.2) is 0 Å². The molecule has 3 saturated heterocycles. The minimum atomic E-state index is -1.23. The molecule has 1 N–H and O–H groups in total. The SMILES string of the molecule is C=CCN(C(=O)[C@@H]1[C@H]2C(=O)N([C@@H](CC)CO)C(C(=O)N(CC=C)c3cc(C)ccc3C)C23CC[C@@]1(C)O3)c1ccc(OCC)cc1. The average molecular weight is 630 g/mol. The molecule has 0 aliphatic carbocycles. The highest BCUT2D eigenvalue weighted by Crippen LogP contribution is 2.64. The lowest BCUT2D eigenvalue weighted by Gasteiger charge is -2.39. The Hall–Kier alpha value is -3.95. The van der Waals surface area contributed by atoms with Gasteiger partial charge in [0.25, 0.3) is 5.91 Å². The van der Waals surface area contributed by atoms with Gasteiger partial charge in [0.1, 0.15) is 17.4 Å². The first kappa shape index (κ1) is 33.4. The number of aliphatic hydroxyl groups is 1. The van der Waals surface area contributed by atoms with E-state index in [0.717, 1.165) is 16.8 Å². The van der Waals surface area contributed by atoms with Gasteiger partial charge in [-0.05, 0) is 88.4 Å². The monoisotopic (exact) mass is 629 g/mol. The van der Waals surface area contributed by atoms with E-state index in [-0.39, 0.29) is 37.4 Å². The molecule has 46 heavy (non-hydrogen) atoms. The summed E-state index contributed by atoms with van der Waals surface area (Å²) in [7, 11) is 0. The zero-order valence-corrected chi connectivity index (χ0v) is 27.7. The fraction of sp³-hybridized carbons (Fsp3) is 0.486. The van der Waals surface area contributed by atoms with Crippen LogP contribution in [0.1, 0.15) is 51.2 Å². The molecule has 0 saturated carbocycles. The van der Waals surface area contributed by atoms with Gasteiger partial charge in [-0.15, -0.1) is 13.2 Å². The molecule has 3 fully saturated rings. The number of benzene rings is 2. The third-order valence-electron chi connectivity index (χ3n) is 10.1. The molecule has 2 bridgehead atoms. The van der Waals surface area contributed by atoms with E-state index in [0.29, 0.717) is 37.3 Å². The summed E-state index contributed by atoms with van der Waals surface area (Å²) in [6, 6.07) is 11.6. The number of carbonyl (C=O) groups is 3. The highest BCUT2D eigenvalue weighted by Gasteiger charge is 2.79. The number of hydrogen-bond donors (Lipinski definition) is 1. The van der Waals surface area contributed by atoms with E-state index in [2.05, 4.69) is 13.2 Å². The Morgan fingerprint density at radius 3 is 2.35 bits per heavy atom. The third-order valence-corrected chi connectivity index (χ3v) is 10.1. The van der Waals surface area contributed by atoms with Crippen LogP contribution in [0.5, 0.6) is 5.75 Å². The lowest BCUT2D eigenvalue weighted by molar-refractivity contribution is -0.148. The van der Waals surface area contributed by atoms with Crippen molar-refractivity contribution in [2.24, 2.45) is 11.8 Å². The molecule has 246 valence electrons. The molecule has 1 spiro atoms. The Balaban J connectivity index is 1.61. The summed E-state index contributed by atoms with van der Waals surface area (Å²) >= 11 is 0. The second-order valence-corrected chi connectivity index (χ2v) is 12.9. The standard InChI is InChI=1S/C37H47N3O6/c1-8-20-38(27-14-16-28(17-15-27)45-11-4)33(42)30-31-34(43)40(26(10-3)23-41)32(37(31)19-18-36(30,7)46-37)35(44)39(21-9-2)29-22-24(5)12-13-25(29)6/h8-9,12-17,22,26,30-32,41H,1-2,10-11,18-21,23H2,3-7H3/t26-,30-,31-,32?,36+,37?/m0/s1. The molecule has 3 heterocycles. The topological polar surface area (TPSA) is 99.6 Å². The van der Waals surface area contributed by atoms with Crippen LogP contribution in [-0.4, -0.2) is 77.3 Å². The number of fused-ring (bicyclic) bond motifs is 1. The maximum Gasteiger partial charge on any atom is 0.253 e. The van der Waals surface area contributed by atoms with Crippen LogP contribution >= 0.6 is 0 Å². The fourth-order valence-corrected chi connectivity index (χ4v) is 7.93. The van der Waals surface area contributed by atoms with Gasteiger partial charge in [0, 0.05) is 24.5 Å². The van der Waals surface area contributed by atoms with E-state index in [1.54, 1.807) is 22.0 Å². The molecule has 6 atom stereocenters. The molecular formula is C37H47N3O6. The molecule has 2 unspecified atom stereocenters. The quantitative estimate of drug-likeness (QED) is 0.314. The molecular weight excluding hydrogens is 582 g/mol. The van der Waals surface area contributed by atoms with Crippen LogP contribution in [0.3, 0.4) is 0 Å². The number of hydrogen-bond acceptors (Lipinski definition) is 6.